The molecule has 2 aromatic heterocycles. The van der Waals surface area contributed by atoms with Gasteiger partial charge in [0.2, 0.25) is 0 Å². The smallest absolute Gasteiger partial charge is 0.276 e. The Bertz CT molecular complexity index is 929. The molecular weight excluding hydrogens is 328 g/mol. The number of rotatable bonds is 5. The number of aromatic amines is 1. The summed E-state index contributed by atoms with van der Waals surface area (Å²) in [6, 6.07) is 13.9. The van der Waals surface area contributed by atoms with Gasteiger partial charge in [-0.05, 0) is 49.1 Å². The van der Waals surface area contributed by atoms with Crippen LogP contribution in [0, 0.1) is 0 Å². The molecule has 134 valence electrons. The highest BCUT2D eigenvalue weighted by Gasteiger charge is 2.24. The van der Waals surface area contributed by atoms with Gasteiger partial charge < -0.3 is 10.1 Å². The zero-order chi connectivity index (χ0) is 17.9. The molecule has 0 saturated carbocycles. The Hall–Kier alpha value is -2.86. The SMILES string of the molecule is COc1ccc(CNC2CCc3[nH]n(-c4ccccn4)c(=O)c3C2)cc1. The third-order valence-electron chi connectivity index (χ3n) is 4.90. The van der Waals surface area contributed by atoms with Crippen molar-refractivity contribution in [3.8, 4) is 11.6 Å². The molecule has 4 rings (SSSR count). The van der Waals surface area contributed by atoms with Gasteiger partial charge in [0.05, 0.1) is 7.11 Å². The molecular formula is C20H22N4O2. The minimum Gasteiger partial charge on any atom is -0.497 e. The lowest BCUT2D eigenvalue weighted by molar-refractivity contribution is 0.414. The number of fused-ring (bicyclic) bond motifs is 1. The first-order valence-corrected chi connectivity index (χ1v) is 8.85. The fourth-order valence-electron chi connectivity index (χ4n) is 3.43. The maximum absolute atomic E-state index is 12.8. The third-order valence-corrected chi connectivity index (χ3v) is 4.90. The largest absolute Gasteiger partial charge is 0.497 e. The zero-order valence-corrected chi connectivity index (χ0v) is 14.7. The highest BCUT2D eigenvalue weighted by atomic mass is 16.5. The predicted molar refractivity (Wildman–Crippen MR) is 99.8 cm³/mol. The molecule has 0 saturated heterocycles. The van der Waals surface area contributed by atoms with Crippen molar-refractivity contribution in [2.45, 2.75) is 31.8 Å². The molecule has 1 aliphatic carbocycles. The summed E-state index contributed by atoms with van der Waals surface area (Å²) in [6.45, 7) is 0.781. The summed E-state index contributed by atoms with van der Waals surface area (Å²) < 4.78 is 6.74. The van der Waals surface area contributed by atoms with E-state index in [9.17, 15) is 4.79 Å². The van der Waals surface area contributed by atoms with E-state index in [4.69, 9.17) is 4.74 Å². The number of aromatic nitrogens is 3. The first-order valence-electron chi connectivity index (χ1n) is 8.85. The molecule has 0 aliphatic heterocycles. The molecule has 2 heterocycles. The van der Waals surface area contributed by atoms with Crippen LogP contribution in [0.5, 0.6) is 5.75 Å². The highest BCUT2D eigenvalue weighted by Crippen LogP contribution is 2.19. The normalized spacial score (nSPS) is 16.3. The first kappa shape index (κ1) is 16.6. The van der Waals surface area contributed by atoms with Gasteiger partial charge in [0.15, 0.2) is 5.82 Å². The number of aryl methyl sites for hydroxylation is 1. The molecule has 1 aromatic carbocycles. The Labute approximate surface area is 151 Å². The highest BCUT2D eigenvalue weighted by molar-refractivity contribution is 5.29. The zero-order valence-electron chi connectivity index (χ0n) is 14.7. The van der Waals surface area contributed by atoms with Crippen LogP contribution < -0.4 is 15.6 Å². The van der Waals surface area contributed by atoms with Crippen molar-refractivity contribution in [1.82, 2.24) is 20.1 Å². The molecule has 1 aliphatic rings. The molecule has 6 heteroatoms. The van der Waals surface area contributed by atoms with Crippen molar-refractivity contribution in [2.24, 2.45) is 0 Å². The number of H-pyrrole nitrogens is 1. The number of nitrogens with one attached hydrogen (secondary N) is 2. The van der Waals surface area contributed by atoms with Crippen LogP contribution in [0.4, 0.5) is 0 Å². The van der Waals surface area contributed by atoms with Crippen LogP contribution in [0.15, 0.2) is 53.5 Å². The van der Waals surface area contributed by atoms with E-state index in [0.717, 1.165) is 42.8 Å². The predicted octanol–water partition coefficient (Wildman–Crippen LogP) is 2.22. The summed E-state index contributed by atoms with van der Waals surface area (Å²) in [7, 11) is 1.67. The van der Waals surface area contributed by atoms with Crippen LogP contribution in [-0.2, 0) is 19.4 Å². The van der Waals surface area contributed by atoms with Gasteiger partial charge in [-0.3, -0.25) is 9.89 Å². The van der Waals surface area contributed by atoms with Gasteiger partial charge >= 0.3 is 0 Å². The molecule has 0 radical (unpaired) electrons. The van der Waals surface area contributed by atoms with Gasteiger partial charge in [0, 0.05) is 30.0 Å². The van der Waals surface area contributed by atoms with E-state index in [1.807, 2.05) is 30.3 Å². The molecule has 3 aromatic rings. The lowest BCUT2D eigenvalue weighted by Crippen LogP contribution is -2.35. The number of hydrogen-bond acceptors (Lipinski definition) is 4. The Morgan fingerprint density at radius 3 is 2.85 bits per heavy atom. The Morgan fingerprint density at radius 2 is 2.12 bits per heavy atom. The number of pyridine rings is 1. The molecule has 0 fully saturated rings. The van der Waals surface area contributed by atoms with Gasteiger partial charge in [0.1, 0.15) is 5.75 Å². The van der Waals surface area contributed by atoms with Crippen molar-refractivity contribution in [3.63, 3.8) is 0 Å². The third kappa shape index (κ3) is 3.28. The van der Waals surface area contributed by atoms with Crippen LogP contribution in [0.1, 0.15) is 23.2 Å². The van der Waals surface area contributed by atoms with E-state index in [1.54, 1.807) is 18.0 Å². The summed E-state index contributed by atoms with van der Waals surface area (Å²) in [5.41, 5.74) is 3.11. The van der Waals surface area contributed by atoms with Crippen LogP contribution in [0.25, 0.3) is 5.82 Å². The number of methoxy groups -OCH3 is 1. The van der Waals surface area contributed by atoms with E-state index in [-0.39, 0.29) is 5.56 Å². The van der Waals surface area contributed by atoms with E-state index in [2.05, 4.69) is 27.5 Å². The van der Waals surface area contributed by atoms with Gasteiger partial charge in [-0.1, -0.05) is 18.2 Å². The number of ether oxygens (including phenoxy) is 1. The average molecular weight is 350 g/mol. The van der Waals surface area contributed by atoms with Crippen LogP contribution >= 0.6 is 0 Å². The number of nitrogens with zero attached hydrogens (tertiary/aromatic N) is 2. The Balaban J connectivity index is 1.46. The van der Waals surface area contributed by atoms with Gasteiger partial charge in [-0.25, -0.2) is 9.67 Å². The molecule has 0 spiro atoms. The van der Waals surface area contributed by atoms with Crippen LogP contribution in [0.3, 0.4) is 0 Å². The first-order chi connectivity index (χ1) is 12.7. The average Bonchev–Trinajstić information content (AvgIpc) is 3.03. The molecule has 1 atom stereocenters. The molecule has 26 heavy (non-hydrogen) atoms. The van der Waals surface area contributed by atoms with Crippen molar-refractivity contribution in [1.29, 1.82) is 0 Å². The number of benzene rings is 1. The van der Waals surface area contributed by atoms with E-state index < -0.39 is 0 Å². The molecule has 6 nitrogen and oxygen atoms in total. The fraction of sp³-hybridized carbons (Fsp3) is 0.300. The van der Waals surface area contributed by atoms with Crippen LogP contribution in [0.2, 0.25) is 0 Å². The Morgan fingerprint density at radius 1 is 1.27 bits per heavy atom. The summed E-state index contributed by atoms with van der Waals surface area (Å²) in [4.78, 5) is 17.0. The number of hydrogen-bond donors (Lipinski definition) is 2. The van der Waals surface area contributed by atoms with Crippen molar-refractivity contribution in [3.05, 3.63) is 75.8 Å². The summed E-state index contributed by atoms with van der Waals surface area (Å²) in [6.07, 6.45) is 4.30. The Kier molecular flexibility index (Phi) is 4.58. The van der Waals surface area contributed by atoms with E-state index >= 15 is 0 Å². The maximum atomic E-state index is 12.8. The lowest BCUT2D eigenvalue weighted by Gasteiger charge is -2.22. The molecule has 1 unspecified atom stereocenters. The van der Waals surface area contributed by atoms with Gasteiger partial charge in [-0.2, -0.15) is 0 Å². The summed E-state index contributed by atoms with van der Waals surface area (Å²) in [5.74, 6) is 1.49. The van der Waals surface area contributed by atoms with Gasteiger partial charge in [0.25, 0.3) is 5.56 Å². The molecule has 2 N–H and O–H groups in total. The second-order valence-electron chi connectivity index (χ2n) is 6.57. The van der Waals surface area contributed by atoms with E-state index in [0.29, 0.717) is 11.9 Å². The van der Waals surface area contributed by atoms with Crippen molar-refractivity contribution in [2.75, 3.05) is 7.11 Å². The fourth-order valence-corrected chi connectivity index (χ4v) is 3.43. The summed E-state index contributed by atoms with van der Waals surface area (Å²) >= 11 is 0. The van der Waals surface area contributed by atoms with Crippen molar-refractivity contribution < 1.29 is 4.74 Å². The topological polar surface area (TPSA) is 71.9 Å². The monoisotopic (exact) mass is 350 g/mol. The van der Waals surface area contributed by atoms with Crippen LogP contribution in [-0.4, -0.2) is 27.9 Å². The lowest BCUT2D eigenvalue weighted by atomic mass is 9.93. The second kappa shape index (κ2) is 7.17. The molecule has 0 amide bonds. The minimum absolute atomic E-state index is 0.00893. The molecule has 0 bridgehead atoms. The summed E-state index contributed by atoms with van der Waals surface area (Å²) in [5, 5.41) is 6.80. The van der Waals surface area contributed by atoms with Gasteiger partial charge in [-0.15, -0.1) is 0 Å². The quantitative estimate of drug-likeness (QED) is 0.740. The van der Waals surface area contributed by atoms with Crippen molar-refractivity contribution >= 4 is 0 Å². The maximum Gasteiger partial charge on any atom is 0.276 e. The second-order valence-corrected chi connectivity index (χ2v) is 6.57. The minimum atomic E-state index is 0.00893. The standard InChI is InChI=1S/C20H22N4O2/c1-26-16-8-5-14(6-9-16)13-22-15-7-10-18-17(12-15)20(25)24(23-18)19-4-2-3-11-21-19/h2-6,8-9,11,15,22-23H,7,10,12-13H2,1H3. The van der Waals surface area contributed by atoms with E-state index in [1.165, 1.54) is 5.56 Å².